The maximum Gasteiger partial charge on any atom is 0.191 e. The van der Waals surface area contributed by atoms with Gasteiger partial charge in [-0.05, 0) is 25.5 Å². The molecular weight excluding hydrogens is 433 g/mol. The lowest BCUT2D eigenvalue weighted by atomic mass is 10.1. The van der Waals surface area contributed by atoms with Crippen molar-refractivity contribution in [3.8, 4) is 5.75 Å². The van der Waals surface area contributed by atoms with Crippen LogP contribution in [-0.4, -0.2) is 53.1 Å². The third kappa shape index (κ3) is 10.5. The highest BCUT2D eigenvalue weighted by Gasteiger charge is 2.06. The molecular formula is C18H32IN3O3. The lowest BCUT2D eigenvalue weighted by Gasteiger charge is -2.15. The Morgan fingerprint density at radius 2 is 1.96 bits per heavy atom. The zero-order chi connectivity index (χ0) is 17.6. The molecule has 0 spiro atoms. The Bertz CT molecular complexity index is 498. The molecule has 0 bridgehead atoms. The Labute approximate surface area is 168 Å². The summed E-state index contributed by atoms with van der Waals surface area (Å²) in [5.74, 6) is 1.66. The standard InChI is InChI=1S/C18H31N3O3.HI/c1-5-23-12-9-20-18(19-3)21-14-16-8-7-15(2)13-17(16)24-11-6-10-22-4;/h7-8,13H,5-6,9-12,14H2,1-4H3,(H2,19,20,21);1H. The summed E-state index contributed by atoms with van der Waals surface area (Å²) in [6.45, 7) is 8.15. The largest absolute Gasteiger partial charge is 0.493 e. The van der Waals surface area contributed by atoms with Crippen LogP contribution in [0.1, 0.15) is 24.5 Å². The number of benzene rings is 1. The Hall–Kier alpha value is -1.06. The fourth-order valence-electron chi connectivity index (χ4n) is 2.11. The van der Waals surface area contributed by atoms with E-state index >= 15 is 0 Å². The van der Waals surface area contributed by atoms with E-state index in [1.807, 2.05) is 6.92 Å². The van der Waals surface area contributed by atoms with E-state index in [9.17, 15) is 0 Å². The molecule has 0 aliphatic heterocycles. The van der Waals surface area contributed by atoms with Crippen LogP contribution >= 0.6 is 24.0 Å². The van der Waals surface area contributed by atoms with Gasteiger partial charge in [0.1, 0.15) is 5.75 Å². The molecule has 0 aliphatic carbocycles. The van der Waals surface area contributed by atoms with Gasteiger partial charge in [0.15, 0.2) is 5.96 Å². The van der Waals surface area contributed by atoms with E-state index in [0.29, 0.717) is 26.4 Å². The highest BCUT2D eigenvalue weighted by molar-refractivity contribution is 14.0. The van der Waals surface area contributed by atoms with Crippen LogP contribution in [0.3, 0.4) is 0 Å². The molecule has 7 heteroatoms. The molecule has 1 aromatic carbocycles. The quantitative estimate of drug-likeness (QED) is 0.228. The molecule has 0 aromatic heterocycles. The minimum Gasteiger partial charge on any atom is -0.493 e. The molecule has 2 N–H and O–H groups in total. The second-order valence-electron chi connectivity index (χ2n) is 5.36. The van der Waals surface area contributed by atoms with Crippen molar-refractivity contribution < 1.29 is 14.2 Å². The molecule has 1 rings (SSSR count). The number of nitrogens with one attached hydrogen (secondary N) is 2. The monoisotopic (exact) mass is 465 g/mol. The molecule has 1 aromatic rings. The zero-order valence-corrected chi connectivity index (χ0v) is 18.1. The summed E-state index contributed by atoms with van der Waals surface area (Å²) in [5.41, 5.74) is 2.28. The fraction of sp³-hybridized carbons (Fsp3) is 0.611. The van der Waals surface area contributed by atoms with Crippen LogP contribution in [0.2, 0.25) is 0 Å². The number of ether oxygens (including phenoxy) is 3. The van der Waals surface area contributed by atoms with Crippen LogP contribution in [0.4, 0.5) is 0 Å². The van der Waals surface area contributed by atoms with Gasteiger partial charge in [0.2, 0.25) is 0 Å². The smallest absolute Gasteiger partial charge is 0.191 e. The average Bonchev–Trinajstić information content (AvgIpc) is 2.59. The van der Waals surface area contributed by atoms with E-state index < -0.39 is 0 Å². The van der Waals surface area contributed by atoms with Crippen LogP contribution < -0.4 is 15.4 Å². The molecule has 0 atom stereocenters. The Kier molecular flexibility index (Phi) is 14.6. The molecule has 25 heavy (non-hydrogen) atoms. The van der Waals surface area contributed by atoms with Gasteiger partial charge in [-0.1, -0.05) is 12.1 Å². The highest BCUT2D eigenvalue weighted by atomic mass is 127. The molecule has 0 radical (unpaired) electrons. The number of halogens is 1. The number of methoxy groups -OCH3 is 1. The molecule has 0 amide bonds. The maximum absolute atomic E-state index is 5.90. The molecule has 0 heterocycles. The summed E-state index contributed by atoms with van der Waals surface area (Å²) in [4.78, 5) is 4.22. The maximum atomic E-state index is 5.90. The van der Waals surface area contributed by atoms with Crippen molar-refractivity contribution in [1.29, 1.82) is 0 Å². The second-order valence-corrected chi connectivity index (χ2v) is 5.36. The predicted molar refractivity (Wildman–Crippen MR) is 113 cm³/mol. The van der Waals surface area contributed by atoms with Crippen molar-refractivity contribution in [3.63, 3.8) is 0 Å². The van der Waals surface area contributed by atoms with Crippen molar-refractivity contribution in [1.82, 2.24) is 10.6 Å². The Morgan fingerprint density at radius 1 is 1.16 bits per heavy atom. The fourth-order valence-corrected chi connectivity index (χ4v) is 2.11. The lowest BCUT2D eigenvalue weighted by molar-refractivity contribution is 0.152. The number of hydrogen-bond donors (Lipinski definition) is 2. The summed E-state index contributed by atoms with van der Waals surface area (Å²) in [5, 5.41) is 6.52. The first-order valence-corrected chi connectivity index (χ1v) is 8.44. The summed E-state index contributed by atoms with van der Waals surface area (Å²) in [6.07, 6.45) is 0.873. The third-order valence-electron chi connectivity index (χ3n) is 3.39. The summed E-state index contributed by atoms with van der Waals surface area (Å²) in [6, 6.07) is 6.24. The normalized spacial score (nSPS) is 11.0. The second kappa shape index (κ2) is 15.2. The number of guanidine groups is 1. The van der Waals surface area contributed by atoms with Crippen LogP contribution in [0.5, 0.6) is 5.75 Å². The van der Waals surface area contributed by atoms with E-state index in [1.165, 1.54) is 5.56 Å². The SMILES string of the molecule is CCOCCNC(=NC)NCc1ccc(C)cc1OCCCOC.I. The number of aliphatic imine (C=N–C) groups is 1. The van der Waals surface area contributed by atoms with Gasteiger partial charge >= 0.3 is 0 Å². The van der Waals surface area contributed by atoms with Crippen molar-refractivity contribution in [2.45, 2.75) is 26.8 Å². The van der Waals surface area contributed by atoms with Gasteiger partial charge in [0.25, 0.3) is 0 Å². The van der Waals surface area contributed by atoms with Crippen LogP contribution in [0, 0.1) is 6.92 Å². The number of aryl methyl sites for hydroxylation is 1. The molecule has 0 unspecified atom stereocenters. The number of rotatable bonds is 11. The first-order valence-electron chi connectivity index (χ1n) is 8.44. The first kappa shape index (κ1) is 23.9. The third-order valence-corrected chi connectivity index (χ3v) is 3.39. The molecule has 6 nitrogen and oxygen atoms in total. The summed E-state index contributed by atoms with van der Waals surface area (Å²) < 4.78 is 16.3. The van der Waals surface area contributed by atoms with E-state index in [-0.39, 0.29) is 24.0 Å². The molecule has 0 saturated heterocycles. The number of nitrogens with zero attached hydrogens (tertiary/aromatic N) is 1. The van der Waals surface area contributed by atoms with Crippen LogP contribution in [0.25, 0.3) is 0 Å². The zero-order valence-electron chi connectivity index (χ0n) is 15.8. The predicted octanol–water partition coefficient (Wildman–Crippen LogP) is 2.73. The van der Waals surface area contributed by atoms with Crippen molar-refractivity contribution >= 4 is 29.9 Å². The highest BCUT2D eigenvalue weighted by Crippen LogP contribution is 2.20. The van der Waals surface area contributed by atoms with Gasteiger partial charge in [-0.15, -0.1) is 24.0 Å². The topological polar surface area (TPSA) is 64.1 Å². The number of hydrogen-bond acceptors (Lipinski definition) is 4. The summed E-state index contributed by atoms with van der Waals surface area (Å²) in [7, 11) is 3.46. The van der Waals surface area contributed by atoms with Crippen molar-refractivity contribution in [3.05, 3.63) is 29.3 Å². The van der Waals surface area contributed by atoms with Gasteiger partial charge < -0.3 is 24.8 Å². The van der Waals surface area contributed by atoms with Gasteiger partial charge in [-0.25, -0.2) is 0 Å². The van der Waals surface area contributed by atoms with Gasteiger partial charge in [0.05, 0.1) is 13.2 Å². The summed E-state index contributed by atoms with van der Waals surface area (Å²) >= 11 is 0. The molecule has 0 fully saturated rings. The Balaban J connectivity index is 0.00000576. The van der Waals surface area contributed by atoms with E-state index in [2.05, 4.69) is 40.7 Å². The van der Waals surface area contributed by atoms with E-state index in [1.54, 1.807) is 14.2 Å². The molecule has 0 aliphatic rings. The minimum absolute atomic E-state index is 0. The minimum atomic E-state index is 0. The average molecular weight is 465 g/mol. The van der Waals surface area contributed by atoms with E-state index in [0.717, 1.165) is 36.8 Å². The van der Waals surface area contributed by atoms with Crippen molar-refractivity contribution in [2.75, 3.05) is 47.1 Å². The van der Waals surface area contributed by atoms with Crippen LogP contribution in [0.15, 0.2) is 23.2 Å². The molecule has 0 saturated carbocycles. The Morgan fingerprint density at radius 3 is 2.64 bits per heavy atom. The van der Waals surface area contributed by atoms with Gasteiger partial charge in [0, 0.05) is 52.4 Å². The van der Waals surface area contributed by atoms with E-state index in [4.69, 9.17) is 14.2 Å². The van der Waals surface area contributed by atoms with Gasteiger partial charge in [-0.3, -0.25) is 4.99 Å². The first-order chi connectivity index (χ1) is 11.7. The van der Waals surface area contributed by atoms with Crippen LogP contribution in [-0.2, 0) is 16.0 Å². The molecule has 144 valence electrons. The lowest BCUT2D eigenvalue weighted by Crippen LogP contribution is -2.38. The van der Waals surface area contributed by atoms with Gasteiger partial charge in [-0.2, -0.15) is 0 Å². The van der Waals surface area contributed by atoms with Crippen molar-refractivity contribution in [2.24, 2.45) is 4.99 Å².